The summed E-state index contributed by atoms with van der Waals surface area (Å²) in [7, 11) is 1.82. The number of likely N-dealkylation sites (N-methyl/N-ethyl adjacent to an activating group) is 1. The Bertz CT molecular complexity index is 1190. The summed E-state index contributed by atoms with van der Waals surface area (Å²) in [6.45, 7) is 7.17. The Kier molecular flexibility index (Phi) is 8.09. The van der Waals surface area contributed by atoms with E-state index in [9.17, 15) is 9.59 Å². The molecule has 1 aliphatic rings. The lowest BCUT2D eigenvalue weighted by Crippen LogP contribution is -2.40. The van der Waals surface area contributed by atoms with Crippen LogP contribution in [0.25, 0.3) is 0 Å². The Morgan fingerprint density at radius 1 is 1.03 bits per heavy atom. The second-order valence-electron chi connectivity index (χ2n) is 9.56. The van der Waals surface area contributed by atoms with Crippen molar-refractivity contribution >= 4 is 11.8 Å². The molecule has 0 aromatic heterocycles. The van der Waals surface area contributed by atoms with Crippen LogP contribution in [0.2, 0.25) is 0 Å². The summed E-state index contributed by atoms with van der Waals surface area (Å²) in [5.41, 5.74) is 5.65. The lowest BCUT2D eigenvalue weighted by Gasteiger charge is -2.38. The standard InChI is InChI=1S/C31H36N2O3/c1-5-28(31(35)32(4)21-23-10-8-7-9-11-23)36-26-17-16-24-18-19-33(29(34)6-2)30(27(24)20-26)25-14-12-22(3)13-15-25/h7-17,20,28,30H,5-6,18-19,21H2,1-4H3. The minimum atomic E-state index is -0.577. The maximum atomic E-state index is 13.2. The topological polar surface area (TPSA) is 49.9 Å². The number of rotatable bonds is 8. The van der Waals surface area contributed by atoms with E-state index in [2.05, 4.69) is 37.3 Å². The smallest absolute Gasteiger partial charge is 0.263 e. The summed E-state index contributed by atoms with van der Waals surface area (Å²) in [4.78, 5) is 29.8. The molecule has 0 saturated heterocycles. The number of nitrogens with zero attached hydrogens (tertiary/aromatic N) is 2. The Balaban J connectivity index is 1.60. The molecule has 0 saturated carbocycles. The van der Waals surface area contributed by atoms with Gasteiger partial charge in [0.1, 0.15) is 5.75 Å². The van der Waals surface area contributed by atoms with Gasteiger partial charge in [-0.05, 0) is 54.2 Å². The molecule has 0 bridgehead atoms. The SMILES string of the molecule is CCC(=O)N1CCc2ccc(OC(CC)C(=O)N(C)Cc3ccccc3)cc2C1c1ccc(C)cc1. The van der Waals surface area contributed by atoms with Gasteiger partial charge in [-0.25, -0.2) is 0 Å². The molecule has 0 N–H and O–H groups in total. The molecule has 5 nitrogen and oxygen atoms in total. The lowest BCUT2D eigenvalue weighted by molar-refractivity contribution is -0.138. The van der Waals surface area contributed by atoms with Gasteiger partial charge in [0.15, 0.2) is 6.10 Å². The van der Waals surface area contributed by atoms with Crippen LogP contribution in [-0.4, -0.2) is 41.3 Å². The van der Waals surface area contributed by atoms with Crippen LogP contribution in [0.15, 0.2) is 72.8 Å². The minimum absolute atomic E-state index is 0.0445. The Morgan fingerprint density at radius 3 is 2.42 bits per heavy atom. The molecule has 2 unspecified atom stereocenters. The van der Waals surface area contributed by atoms with E-state index in [0.717, 1.165) is 23.1 Å². The van der Waals surface area contributed by atoms with E-state index < -0.39 is 6.10 Å². The van der Waals surface area contributed by atoms with Crippen molar-refractivity contribution in [2.24, 2.45) is 0 Å². The normalized spacial score (nSPS) is 15.7. The molecule has 0 radical (unpaired) electrons. The van der Waals surface area contributed by atoms with Crippen LogP contribution in [0.3, 0.4) is 0 Å². The molecule has 3 aromatic rings. The monoisotopic (exact) mass is 484 g/mol. The number of amides is 2. The van der Waals surface area contributed by atoms with E-state index in [1.54, 1.807) is 4.90 Å². The van der Waals surface area contributed by atoms with Gasteiger partial charge in [0, 0.05) is 26.6 Å². The molecule has 2 amide bonds. The van der Waals surface area contributed by atoms with E-state index >= 15 is 0 Å². The van der Waals surface area contributed by atoms with Crippen molar-refractivity contribution in [1.82, 2.24) is 9.80 Å². The quantitative estimate of drug-likeness (QED) is 0.412. The van der Waals surface area contributed by atoms with Gasteiger partial charge in [-0.3, -0.25) is 9.59 Å². The van der Waals surface area contributed by atoms with E-state index in [0.29, 0.717) is 31.7 Å². The second-order valence-corrected chi connectivity index (χ2v) is 9.56. The van der Waals surface area contributed by atoms with Gasteiger partial charge in [-0.2, -0.15) is 0 Å². The summed E-state index contributed by atoms with van der Waals surface area (Å²) in [6.07, 6.45) is 1.26. The van der Waals surface area contributed by atoms with Gasteiger partial charge in [-0.1, -0.05) is 80.1 Å². The molecule has 4 rings (SSSR count). The van der Waals surface area contributed by atoms with Gasteiger partial charge in [0.25, 0.3) is 5.91 Å². The van der Waals surface area contributed by atoms with Crippen molar-refractivity contribution in [3.8, 4) is 5.75 Å². The second kappa shape index (κ2) is 11.4. The molecule has 0 fully saturated rings. The molecule has 188 valence electrons. The molecule has 0 spiro atoms. The fourth-order valence-electron chi connectivity index (χ4n) is 4.90. The lowest BCUT2D eigenvalue weighted by atomic mass is 9.87. The van der Waals surface area contributed by atoms with Gasteiger partial charge in [-0.15, -0.1) is 0 Å². The largest absolute Gasteiger partial charge is 0.481 e. The third kappa shape index (κ3) is 5.62. The number of hydrogen-bond donors (Lipinski definition) is 0. The number of hydrogen-bond acceptors (Lipinski definition) is 3. The van der Waals surface area contributed by atoms with E-state index in [1.165, 1.54) is 11.1 Å². The van der Waals surface area contributed by atoms with Gasteiger partial charge in [0.2, 0.25) is 5.91 Å². The molecular formula is C31H36N2O3. The van der Waals surface area contributed by atoms with Crippen LogP contribution in [0, 0.1) is 6.92 Å². The van der Waals surface area contributed by atoms with Crippen LogP contribution in [0.1, 0.15) is 60.5 Å². The number of fused-ring (bicyclic) bond motifs is 1. The van der Waals surface area contributed by atoms with E-state index in [1.807, 2.05) is 68.3 Å². The van der Waals surface area contributed by atoms with E-state index in [4.69, 9.17) is 4.74 Å². The van der Waals surface area contributed by atoms with Crippen molar-refractivity contribution in [3.05, 3.63) is 101 Å². The maximum absolute atomic E-state index is 13.2. The average molecular weight is 485 g/mol. The number of aryl methyl sites for hydroxylation is 1. The Hall–Kier alpha value is -3.60. The predicted octanol–water partition coefficient (Wildman–Crippen LogP) is 5.70. The van der Waals surface area contributed by atoms with Crippen molar-refractivity contribution in [1.29, 1.82) is 0 Å². The highest BCUT2D eigenvalue weighted by atomic mass is 16.5. The first kappa shape index (κ1) is 25.5. The van der Waals surface area contributed by atoms with Crippen molar-refractivity contribution in [2.45, 2.75) is 58.7 Å². The van der Waals surface area contributed by atoms with Crippen LogP contribution >= 0.6 is 0 Å². The summed E-state index contributed by atoms with van der Waals surface area (Å²) >= 11 is 0. The Labute approximate surface area is 214 Å². The van der Waals surface area contributed by atoms with Crippen molar-refractivity contribution in [2.75, 3.05) is 13.6 Å². The minimum Gasteiger partial charge on any atom is -0.481 e. The predicted molar refractivity (Wildman–Crippen MR) is 143 cm³/mol. The van der Waals surface area contributed by atoms with Gasteiger partial charge >= 0.3 is 0 Å². The molecule has 5 heteroatoms. The first-order valence-electron chi connectivity index (χ1n) is 12.9. The fraction of sp³-hybridized carbons (Fsp3) is 0.355. The maximum Gasteiger partial charge on any atom is 0.263 e. The Morgan fingerprint density at radius 2 is 1.75 bits per heavy atom. The third-order valence-corrected chi connectivity index (χ3v) is 6.92. The van der Waals surface area contributed by atoms with Crippen LogP contribution < -0.4 is 4.74 Å². The van der Waals surface area contributed by atoms with Crippen LogP contribution in [0.4, 0.5) is 0 Å². The first-order valence-corrected chi connectivity index (χ1v) is 12.9. The fourth-order valence-corrected chi connectivity index (χ4v) is 4.90. The highest BCUT2D eigenvalue weighted by Gasteiger charge is 2.32. The summed E-state index contributed by atoms with van der Waals surface area (Å²) in [5, 5.41) is 0. The zero-order valence-electron chi connectivity index (χ0n) is 21.7. The molecule has 1 aliphatic heterocycles. The summed E-state index contributed by atoms with van der Waals surface area (Å²) in [5.74, 6) is 0.753. The number of ether oxygens (including phenoxy) is 1. The molecular weight excluding hydrogens is 448 g/mol. The zero-order valence-corrected chi connectivity index (χ0v) is 21.7. The van der Waals surface area contributed by atoms with Gasteiger partial charge < -0.3 is 14.5 Å². The zero-order chi connectivity index (χ0) is 25.7. The molecule has 2 atom stereocenters. The molecule has 3 aromatic carbocycles. The molecule has 0 aliphatic carbocycles. The van der Waals surface area contributed by atoms with Crippen LogP contribution in [0.5, 0.6) is 5.75 Å². The number of benzene rings is 3. The summed E-state index contributed by atoms with van der Waals surface area (Å²) < 4.78 is 6.28. The molecule has 1 heterocycles. The third-order valence-electron chi connectivity index (χ3n) is 6.92. The summed E-state index contributed by atoms with van der Waals surface area (Å²) in [6, 6.07) is 24.3. The van der Waals surface area contributed by atoms with Gasteiger partial charge in [0.05, 0.1) is 6.04 Å². The highest BCUT2D eigenvalue weighted by Crippen LogP contribution is 2.38. The number of carbonyl (C=O) groups is 2. The average Bonchev–Trinajstić information content (AvgIpc) is 2.91. The first-order chi connectivity index (χ1) is 17.4. The van der Waals surface area contributed by atoms with Crippen molar-refractivity contribution < 1.29 is 14.3 Å². The van der Waals surface area contributed by atoms with E-state index in [-0.39, 0.29) is 17.9 Å². The highest BCUT2D eigenvalue weighted by molar-refractivity contribution is 5.81. The van der Waals surface area contributed by atoms with Crippen molar-refractivity contribution in [3.63, 3.8) is 0 Å². The van der Waals surface area contributed by atoms with Crippen LogP contribution in [-0.2, 0) is 22.6 Å². The molecule has 36 heavy (non-hydrogen) atoms. The number of carbonyl (C=O) groups excluding carboxylic acids is 2.